The van der Waals surface area contributed by atoms with Crippen LogP contribution in [0.15, 0.2) is 16.6 Å². The number of benzene rings is 1. The van der Waals surface area contributed by atoms with Crippen molar-refractivity contribution in [1.29, 1.82) is 0 Å². The van der Waals surface area contributed by atoms with E-state index < -0.39 is 24.2 Å². The highest BCUT2D eigenvalue weighted by molar-refractivity contribution is 9.10. The molecule has 0 heterocycles. The van der Waals surface area contributed by atoms with Crippen LogP contribution in [-0.2, 0) is 6.54 Å². The molecular formula is C11H11BrF5N. The molecule has 0 atom stereocenters. The summed E-state index contributed by atoms with van der Waals surface area (Å²) in [5.41, 5.74) is -0.184. The summed E-state index contributed by atoms with van der Waals surface area (Å²) in [6.45, 7) is -0.0974. The number of hydrogen-bond acceptors (Lipinski definition) is 1. The fraction of sp³-hybridized carbons (Fsp3) is 0.455. The Bertz CT molecular complexity index is 405. The van der Waals surface area contributed by atoms with Crippen molar-refractivity contribution >= 4 is 15.9 Å². The molecule has 7 heteroatoms. The predicted molar refractivity (Wildman–Crippen MR) is 61.1 cm³/mol. The second kappa shape index (κ2) is 6.47. The summed E-state index contributed by atoms with van der Waals surface area (Å²) in [4.78, 5) is 0. The highest BCUT2D eigenvalue weighted by Crippen LogP contribution is 2.22. The first-order valence-electron chi connectivity index (χ1n) is 5.21. The van der Waals surface area contributed by atoms with Gasteiger partial charge in [-0.3, -0.25) is 0 Å². The van der Waals surface area contributed by atoms with Gasteiger partial charge in [-0.2, -0.15) is 13.2 Å². The Morgan fingerprint density at radius 1 is 1.17 bits per heavy atom. The van der Waals surface area contributed by atoms with Crippen LogP contribution >= 0.6 is 15.9 Å². The van der Waals surface area contributed by atoms with Gasteiger partial charge in [-0.15, -0.1) is 0 Å². The Hall–Kier alpha value is -0.690. The van der Waals surface area contributed by atoms with Crippen molar-refractivity contribution in [2.45, 2.75) is 25.6 Å². The van der Waals surface area contributed by atoms with Crippen LogP contribution in [0.1, 0.15) is 18.4 Å². The van der Waals surface area contributed by atoms with Gasteiger partial charge in [-0.05, 0) is 41.0 Å². The minimum Gasteiger partial charge on any atom is -0.312 e. The quantitative estimate of drug-likeness (QED) is 0.485. The van der Waals surface area contributed by atoms with Crippen molar-refractivity contribution < 1.29 is 22.0 Å². The molecule has 0 saturated carbocycles. The molecule has 1 rings (SSSR count). The van der Waals surface area contributed by atoms with Gasteiger partial charge in [-0.1, -0.05) is 0 Å². The lowest BCUT2D eigenvalue weighted by Gasteiger charge is -2.09. The van der Waals surface area contributed by atoms with Crippen LogP contribution < -0.4 is 5.32 Å². The summed E-state index contributed by atoms with van der Waals surface area (Å²) in [6.07, 6.45) is -5.24. The molecule has 0 aromatic heterocycles. The van der Waals surface area contributed by atoms with Crippen molar-refractivity contribution in [1.82, 2.24) is 5.32 Å². The van der Waals surface area contributed by atoms with E-state index in [2.05, 4.69) is 21.2 Å². The number of alkyl halides is 3. The highest BCUT2D eigenvalue weighted by atomic mass is 79.9. The summed E-state index contributed by atoms with van der Waals surface area (Å²) < 4.78 is 62.3. The summed E-state index contributed by atoms with van der Waals surface area (Å²) in [7, 11) is 0. The minimum atomic E-state index is -4.20. The smallest absolute Gasteiger partial charge is 0.312 e. The second-order valence-corrected chi connectivity index (χ2v) is 4.57. The third-order valence-corrected chi connectivity index (χ3v) is 2.87. The number of nitrogens with one attached hydrogen (secondary N) is 1. The van der Waals surface area contributed by atoms with Gasteiger partial charge in [0.2, 0.25) is 0 Å². The molecular weight excluding hydrogens is 321 g/mol. The van der Waals surface area contributed by atoms with Gasteiger partial charge in [0.1, 0.15) is 11.6 Å². The van der Waals surface area contributed by atoms with E-state index in [1.54, 1.807) is 0 Å². The Morgan fingerprint density at radius 3 is 2.44 bits per heavy atom. The zero-order valence-corrected chi connectivity index (χ0v) is 10.8. The van der Waals surface area contributed by atoms with Crippen LogP contribution in [0, 0.1) is 11.6 Å². The molecule has 1 N–H and O–H groups in total. The summed E-state index contributed by atoms with van der Waals surface area (Å²) >= 11 is 2.91. The molecule has 0 aliphatic heterocycles. The average molecular weight is 332 g/mol. The summed E-state index contributed by atoms with van der Waals surface area (Å²) in [5.74, 6) is -1.46. The number of halogens is 6. The van der Waals surface area contributed by atoms with Gasteiger partial charge in [0.05, 0.1) is 4.47 Å². The normalized spacial score (nSPS) is 11.9. The maximum absolute atomic E-state index is 13.5. The molecule has 0 saturated heterocycles. The van der Waals surface area contributed by atoms with Crippen molar-refractivity contribution in [3.8, 4) is 0 Å². The molecule has 1 aromatic carbocycles. The molecule has 0 aliphatic carbocycles. The number of rotatable bonds is 5. The average Bonchev–Trinajstić information content (AvgIpc) is 2.26. The maximum Gasteiger partial charge on any atom is 0.389 e. The summed E-state index contributed by atoms with van der Waals surface area (Å²) in [6, 6.07) is 2.33. The molecule has 18 heavy (non-hydrogen) atoms. The van der Waals surface area contributed by atoms with Crippen molar-refractivity contribution in [3.05, 3.63) is 33.8 Å². The third kappa shape index (κ3) is 4.89. The molecule has 0 spiro atoms. The lowest BCUT2D eigenvalue weighted by Crippen LogP contribution is -2.19. The van der Waals surface area contributed by atoms with Crippen molar-refractivity contribution in [2.75, 3.05) is 6.54 Å². The molecule has 1 aromatic rings. The second-order valence-electron chi connectivity index (χ2n) is 3.72. The number of hydrogen-bond donors (Lipinski definition) is 1. The van der Waals surface area contributed by atoms with E-state index in [-0.39, 0.29) is 29.5 Å². The molecule has 102 valence electrons. The lowest BCUT2D eigenvalue weighted by atomic mass is 10.2. The molecule has 0 aliphatic rings. The van der Waals surface area contributed by atoms with E-state index in [0.29, 0.717) is 0 Å². The lowest BCUT2D eigenvalue weighted by molar-refractivity contribution is -0.135. The van der Waals surface area contributed by atoms with Gasteiger partial charge in [-0.25, -0.2) is 8.78 Å². The topological polar surface area (TPSA) is 12.0 Å². The van der Waals surface area contributed by atoms with Crippen molar-refractivity contribution in [3.63, 3.8) is 0 Å². The fourth-order valence-electron chi connectivity index (χ4n) is 1.36. The largest absolute Gasteiger partial charge is 0.389 e. The van der Waals surface area contributed by atoms with E-state index in [1.165, 1.54) is 6.07 Å². The van der Waals surface area contributed by atoms with Crippen LogP contribution in [0.5, 0.6) is 0 Å². The Kier molecular flexibility index (Phi) is 5.52. The zero-order chi connectivity index (χ0) is 13.8. The predicted octanol–water partition coefficient (Wildman–Crippen LogP) is 4.16. The van der Waals surface area contributed by atoms with Gasteiger partial charge in [0, 0.05) is 18.5 Å². The SMILES string of the molecule is Fc1ccc(Br)c(F)c1CNCCCC(F)(F)F. The van der Waals surface area contributed by atoms with Gasteiger partial charge >= 0.3 is 6.18 Å². The minimum absolute atomic E-state index is 0.0465. The standard InChI is InChI=1S/C11H11BrF5N/c12-8-2-3-9(13)7(10(8)14)6-18-5-1-4-11(15,16)17/h2-3,18H,1,4-6H2. The van der Waals surface area contributed by atoms with Gasteiger partial charge in [0.15, 0.2) is 0 Å². The first-order valence-corrected chi connectivity index (χ1v) is 6.00. The van der Waals surface area contributed by atoms with Crippen LogP contribution in [-0.4, -0.2) is 12.7 Å². The van der Waals surface area contributed by atoms with E-state index in [1.807, 2.05) is 0 Å². The van der Waals surface area contributed by atoms with E-state index in [0.717, 1.165) is 6.07 Å². The molecule has 0 fully saturated rings. The zero-order valence-electron chi connectivity index (χ0n) is 9.25. The van der Waals surface area contributed by atoms with Crippen LogP contribution in [0.2, 0.25) is 0 Å². The van der Waals surface area contributed by atoms with Crippen LogP contribution in [0.3, 0.4) is 0 Å². The monoisotopic (exact) mass is 331 g/mol. The first kappa shape index (κ1) is 15.4. The maximum atomic E-state index is 13.5. The van der Waals surface area contributed by atoms with Gasteiger partial charge in [0.25, 0.3) is 0 Å². The van der Waals surface area contributed by atoms with E-state index >= 15 is 0 Å². The highest BCUT2D eigenvalue weighted by Gasteiger charge is 2.25. The van der Waals surface area contributed by atoms with Crippen molar-refractivity contribution in [2.24, 2.45) is 0 Å². The Morgan fingerprint density at radius 2 is 1.83 bits per heavy atom. The first-order chi connectivity index (χ1) is 8.31. The Balaban J connectivity index is 2.43. The fourth-order valence-corrected chi connectivity index (χ4v) is 1.73. The van der Waals surface area contributed by atoms with Crippen LogP contribution in [0.4, 0.5) is 22.0 Å². The van der Waals surface area contributed by atoms with Crippen LogP contribution in [0.25, 0.3) is 0 Å². The molecule has 0 amide bonds. The van der Waals surface area contributed by atoms with Gasteiger partial charge < -0.3 is 5.32 Å². The summed E-state index contributed by atoms with van der Waals surface area (Å²) in [5, 5.41) is 2.58. The molecule has 1 nitrogen and oxygen atoms in total. The van der Waals surface area contributed by atoms with E-state index in [9.17, 15) is 22.0 Å². The van der Waals surface area contributed by atoms with E-state index in [4.69, 9.17) is 0 Å². The third-order valence-electron chi connectivity index (χ3n) is 2.25. The molecule has 0 radical (unpaired) electrons. The Labute approximate surface area is 110 Å². The molecule has 0 bridgehead atoms. The molecule has 0 unspecified atom stereocenters.